The lowest BCUT2D eigenvalue weighted by molar-refractivity contribution is -0.138. The molecule has 0 aromatic heterocycles. The maximum absolute atomic E-state index is 13.0. The molecule has 156 valence electrons. The van der Waals surface area contributed by atoms with Crippen molar-refractivity contribution in [3.63, 3.8) is 0 Å². The number of halogens is 1. The molecule has 2 rings (SSSR count). The van der Waals surface area contributed by atoms with Gasteiger partial charge in [-0.1, -0.05) is 61.0 Å². The number of carbonyl (C=O) groups excluding carboxylic acids is 2. The predicted octanol–water partition coefficient (Wildman–Crippen LogP) is 4.91. The third-order valence-electron chi connectivity index (χ3n) is 4.75. The van der Waals surface area contributed by atoms with Crippen molar-refractivity contribution in [2.75, 3.05) is 5.75 Å². The van der Waals surface area contributed by atoms with Crippen molar-refractivity contribution in [1.29, 1.82) is 0 Å². The number of benzene rings is 2. The second-order valence-electron chi connectivity index (χ2n) is 7.12. The van der Waals surface area contributed by atoms with Crippen molar-refractivity contribution >= 4 is 35.2 Å². The van der Waals surface area contributed by atoms with E-state index in [9.17, 15) is 9.59 Å². The van der Waals surface area contributed by atoms with Gasteiger partial charge < -0.3 is 10.2 Å². The topological polar surface area (TPSA) is 49.4 Å². The third-order valence-corrected chi connectivity index (χ3v) is 5.97. The minimum Gasteiger partial charge on any atom is -0.352 e. The molecule has 2 aromatic rings. The maximum atomic E-state index is 13.0. The number of hydrogen-bond donors (Lipinski definition) is 1. The van der Waals surface area contributed by atoms with Gasteiger partial charge in [-0.2, -0.15) is 0 Å². The first kappa shape index (κ1) is 23.3. The average Bonchev–Trinajstić information content (AvgIpc) is 2.72. The summed E-state index contributed by atoms with van der Waals surface area (Å²) in [5.41, 5.74) is 2.08. The molecular weight excluding hydrogens is 404 g/mol. The summed E-state index contributed by atoms with van der Waals surface area (Å²) in [5.74, 6) is 0.877. The molecule has 0 heterocycles. The molecule has 0 aliphatic heterocycles. The van der Waals surface area contributed by atoms with Crippen LogP contribution in [0.4, 0.5) is 0 Å². The minimum absolute atomic E-state index is 0.0577. The average molecular weight is 433 g/mol. The Morgan fingerprint density at radius 3 is 2.41 bits per heavy atom. The second kappa shape index (κ2) is 11.9. The Balaban J connectivity index is 2.07. The summed E-state index contributed by atoms with van der Waals surface area (Å²) in [6.07, 6.45) is 0.841. The lowest BCUT2D eigenvalue weighted by Crippen LogP contribution is -2.50. The van der Waals surface area contributed by atoms with Crippen LogP contribution in [-0.2, 0) is 21.9 Å². The quantitative estimate of drug-likeness (QED) is 0.580. The van der Waals surface area contributed by atoms with E-state index in [1.165, 1.54) is 5.56 Å². The molecule has 4 nitrogen and oxygen atoms in total. The van der Waals surface area contributed by atoms with Crippen LogP contribution in [0.2, 0.25) is 5.02 Å². The fourth-order valence-electron chi connectivity index (χ4n) is 2.79. The number of carbonyl (C=O) groups is 2. The fraction of sp³-hybridized carbons (Fsp3) is 0.391. The Hall–Kier alpha value is -1.98. The van der Waals surface area contributed by atoms with Crippen molar-refractivity contribution in [1.82, 2.24) is 10.2 Å². The first-order valence-corrected chi connectivity index (χ1v) is 11.4. The van der Waals surface area contributed by atoms with Gasteiger partial charge in [0.25, 0.3) is 0 Å². The largest absolute Gasteiger partial charge is 0.352 e. The predicted molar refractivity (Wildman–Crippen MR) is 122 cm³/mol. The van der Waals surface area contributed by atoms with Crippen molar-refractivity contribution in [2.24, 2.45) is 0 Å². The van der Waals surface area contributed by atoms with E-state index in [-0.39, 0.29) is 17.9 Å². The lowest BCUT2D eigenvalue weighted by atomic mass is 10.1. The normalized spacial score (nSPS) is 12.8. The van der Waals surface area contributed by atoms with E-state index < -0.39 is 6.04 Å². The summed E-state index contributed by atoms with van der Waals surface area (Å²) in [6, 6.07) is 17.0. The van der Waals surface area contributed by atoms with Gasteiger partial charge in [-0.15, -0.1) is 11.8 Å². The van der Waals surface area contributed by atoms with Crippen molar-refractivity contribution in [3.05, 3.63) is 70.7 Å². The number of rotatable bonds is 10. The van der Waals surface area contributed by atoms with Crippen molar-refractivity contribution in [3.8, 4) is 0 Å². The molecule has 1 N–H and O–H groups in total. The molecule has 0 radical (unpaired) electrons. The summed E-state index contributed by atoms with van der Waals surface area (Å²) in [5, 5.41) is 3.59. The van der Waals surface area contributed by atoms with Crippen molar-refractivity contribution < 1.29 is 9.59 Å². The molecule has 2 unspecified atom stereocenters. The van der Waals surface area contributed by atoms with Crippen LogP contribution in [0.3, 0.4) is 0 Å². The van der Waals surface area contributed by atoms with Gasteiger partial charge in [-0.3, -0.25) is 9.59 Å². The molecule has 2 amide bonds. The molecule has 0 saturated heterocycles. The molecule has 0 bridgehead atoms. The van der Waals surface area contributed by atoms with Gasteiger partial charge in [-0.25, -0.2) is 0 Å². The minimum atomic E-state index is -0.562. The summed E-state index contributed by atoms with van der Waals surface area (Å²) in [7, 11) is 0. The number of nitrogens with one attached hydrogen (secondary N) is 1. The zero-order chi connectivity index (χ0) is 21.2. The second-order valence-corrected chi connectivity index (χ2v) is 8.55. The van der Waals surface area contributed by atoms with Crippen LogP contribution < -0.4 is 5.32 Å². The van der Waals surface area contributed by atoms with Gasteiger partial charge in [0.1, 0.15) is 6.04 Å². The number of nitrogens with zero attached hydrogens (tertiary/aromatic N) is 1. The molecule has 2 aromatic carbocycles. The molecule has 29 heavy (non-hydrogen) atoms. The van der Waals surface area contributed by atoms with Crippen molar-refractivity contribution in [2.45, 2.75) is 51.6 Å². The Morgan fingerprint density at radius 2 is 1.76 bits per heavy atom. The van der Waals surface area contributed by atoms with Gasteiger partial charge in [0.05, 0.1) is 5.75 Å². The molecule has 0 fully saturated rings. The van der Waals surface area contributed by atoms with Gasteiger partial charge in [-0.05, 0) is 43.5 Å². The van der Waals surface area contributed by atoms with Crippen LogP contribution in [0.25, 0.3) is 0 Å². The van der Waals surface area contributed by atoms with E-state index >= 15 is 0 Å². The SMILES string of the molecule is CCC(C)NC(=O)C(C)N(Cc1cccc(Cl)c1)C(=O)CSCc1ccccc1. The van der Waals surface area contributed by atoms with Crippen LogP contribution in [-0.4, -0.2) is 34.6 Å². The van der Waals surface area contributed by atoms with Crippen LogP contribution >= 0.6 is 23.4 Å². The molecule has 2 atom stereocenters. The Bertz CT molecular complexity index is 800. The van der Waals surface area contributed by atoms with Gasteiger partial charge in [0.2, 0.25) is 11.8 Å². The zero-order valence-corrected chi connectivity index (χ0v) is 18.8. The lowest BCUT2D eigenvalue weighted by Gasteiger charge is -2.29. The molecular formula is C23H29ClN2O2S. The zero-order valence-electron chi connectivity index (χ0n) is 17.2. The van der Waals surface area contributed by atoms with Crippen LogP contribution in [0.5, 0.6) is 0 Å². The summed E-state index contributed by atoms with van der Waals surface area (Å²) in [6.45, 7) is 6.11. The van der Waals surface area contributed by atoms with Crippen LogP contribution in [0.1, 0.15) is 38.3 Å². The van der Waals surface area contributed by atoms with E-state index in [0.29, 0.717) is 17.3 Å². The highest BCUT2D eigenvalue weighted by molar-refractivity contribution is 7.99. The molecule has 0 aliphatic carbocycles. The number of hydrogen-bond acceptors (Lipinski definition) is 3. The highest BCUT2D eigenvalue weighted by Gasteiger charge is 2.26. The summed E-state index contributed by atoms with van der Waals surface area (Å²) < 4.78 is 0. The Kier molecular flexibility index (Phi) is 9.55. The Labute approximate surface area is 183 Å². The first-order chi connectivity index (χ1) is 13.9. The van der Waals surface area contributed by atoms with E-state index in [0.717, 1.165) is 17.7 Å². The van der Waals surface area contributed by atoms with Gasteiger partial charge >= 0.3 is 0 Å². The van der Waals surface area contributed by atoms with Crippen LogP contribution in [0, 0.1) is 0 Å². The Morgan fingerprint density at radius 1 is 1.07 bits per heavy atom. The van der Waals surface area contributed by atoms with E-state index in [4.69, 9.17) is 11.6 Å². The van der Waals surface area contributed by atoms with Gasteiger partial charge in [0, 0.05) is 23.4 Å². The summed E-state index contributed by atoms with van der Waals surface area (Å²) in [4.78, 5) is 27.3. The van der Waals surface area contributed by atoms with E-state index in [2.05, 4.69) is 5.32 Å². The standard InChI is InChI=1S/C23H29ClN2O2S/c1-4-17(2)25-23(28)18(3)26(14-20-11-8-12-21(24)13-20)22(27)16-29-15-19-9-6-5-7-10-19/h5-13,17-18H,4,14-16H2,1-3H3,(H,25,28). The smallest absolute Gasteiger partial charge is 0.242 e. The van der Waals surface area contributed by atoms with Crippen LogP contribution in [0.15, 0.2) is 54.6 Å². The molecule has 0 spiro atoms. The first-order valence-electron chi connectivity index (χ1n) is 9.86. The molecule has 0 saturated carbocycles. The monoisotopic (exact) mass is 432 g/mol. The molecule has 6 heteroatoms. The fourth-order valence-corrected chi connectivity index (χ4v) is 3.88. The maximum Gasteiger partial charge on any atom is 0.242 e. The highest BCUT2D eigenvalue weighted by Crippen LogP contribution is 2.18. The van der Waals surface area contributed by atoms with Gasteiger partial charge in [0.15, 0.2) is 0 Å². The van der Waals surface area contributed by atoms with E-state index in [1.54, 1.807) is 29.7 Å². The number of thioether (sulfide) groups is 1. The summed E-state index contributed by atoms with van der Waals surface area (Å²) >= 11 is 7.66. The van der Waals surface area contributed by atoms with E-state index in [1.807, 2.05) is 62.4 Å². The highest BCUT2D eigenvalue weighted by atomic mass is 35.5. The number of amides is 2. The molecule has 0 aliphatic rings. The third kappa shape index (κ3) is 7.75.